The minimum absolute atomic E-state index is 0.0761. The van der Waals surface area contributed by atoms with Gasteiger partial charge in [0.2, 0.25) is 0 Å². The first-order valence-corrected chi connectivity index (χ1v) is 7.89. The lowest BCUT2D eigenvalue weighted by molar-refractivity contribution is 0.419. The van der Waals surface area contributed by atoms with Crippen molar-refractivity contribution in [3.63, 3.8) is 0 Å². The lowest BCUT2D eigenvalue weighted by atomic mass is 9.79. The fraction of sp³-hybridized carbons (Fsp3) is 0.333. The Morgan fingerprint density at radius 2 is 1.86 bits per heavy atom. The first kappa shape index (κ1) is 14.6. The zero-order valence-corrected chi connectivity index (χ0v) is 13.0. The molecule has 0 spiro atoms. The third-order valence-electron chi connectivity index (χ3n) is 4.55. The molecule has 0 saturated heterocycles. The van der Waals surface area contributed by atoms with Gasteiger partial charge in [-0.15, -0.1) is 0 Å². The number of nitrogens with one attached hydrogen (secondary N) is 1. The van der Waals surface area contributed by atoms with Crippen LogP contribution in [0.2, 0.25) is 5.02 Å². The standard InChI is InChI=1S/C18H21ClN2/c1-12-4-2-7-16(17(12)19)18(21-20)15-10-8-14(9-11-15)13-5-3-6-13/h2,4,7-11,13,18,21H,3,5-6,20H2,1H3. The molecule has 1 aliphatic carbocycles. The minimum atomic E-state index is -0.0761. The number of benzene rings is 2. The highest BCUT2D eigenvalue weighted by Crippen LogP contribution is 2.37. The number of nitrogens with two attached hydrogens (primary N) is 1. The molecule has 1 aliphatic rings. The van der Waals surface area contributed by atoms with E-state index in [1.807, 2.05) is 25.1 Å². The van der Waals surface area contributed by atoms with E-state index in [-0.39, 0.29) is 6.04 Å². The molecule has 0 amide bonds. The fourth-order valence-electron chi connectivity index (χ4n) is 2.96. The van der Waals surface area contributed by atoms with Gasteiger partial charge in [-0.25, -0.2) is 5.43 Å². The molecular formula is C18H21ClN2. The van der Waals surface area contributed by atoms with E-state index in [4.69, 9.17) is 17.4 Å². The summed E-state index contributed by atoms with van der Waals surface area (Å²) in [6, 6.07) is 14.8. The van der Waals surface area contributed by atoms with Crippen molar-refractivity contribution in [3.8, 4) is 0 Å². The van der Waals surface area contributed by atoms with E-state index in [0.29, 0.717) is 0 Å². The Hall–Kier alpha value is -1.35. The summed E-state index contributed by atoms with van der Waals surface area (Å²) in [5, 5.41) is 0.781. The lowest BCUT2D eigenvalue weighted by Crippen LogP contribution is -2.29. The van der Waals surface area contributed by atoms with Crippen molar-refractivity contribution >= 4 is 11.6 Å². The van der Waals surface area contributed by atoms with Gasteiger partial charge in [0.25, 0.3) is 0 Å². The van der Waals surface area contributed by atoms with E-state index in [9.17, 15) is 0 Å². The van der Waals surface area contributed by atoms with Gasteiger partial charge in [-0.3, -0.25) is 5.84 Å². The maximum atomic E-state index is 6.43. The second-order valence-corrected chi connectivity index (χ2v) is 6.25. The predicted molar refractivity (Wildman–Crippen MR) is 88.4 cm³/mol. The van der Waals surface area contributed by atoms with Crippen LogP contribution in [-0.4, -0.2) is 0 Å². The Morgan fingerprint density at radius 1 is 1.14 bits per heavy atom. The molecule has 1 atom stereocenters. The van der Waals surface area contributed by atoms with E-state index in [2.05, 4.69) is 29.7 Å². The number of halogens is 1. The van der Waals surface area contributed by atoms with Gasteiger partial charge in [-0.05, 0) is 47.9 Å². The molecule has 1 fully saturated rings. The fourth-order valence-corrected chi connectivity index (χ4v) is 3.20. The molecule has 0 heterocycles. The molecule has 0 aliphatic heterocycles. The summed E-state index contributed by atoms with van der Waals surface area (Å²) in [4.78, 5) is 0. The Morgan fingerprint density at radius 3 is 2.43 bits per heavy atom. The van der Waals surface area contributed by atoms with Crippen LogP contribution < -0.4 is 11.3 Å². The molecular weight excluding hydrogens is 280 g/mol. The molecule has 2 aromatic carbocycles. The quantitative estimate of drug-likeness (QED) is 0.646. The van der Waals surface area contributed by atoms with Gasteiger partial charge in [0.15, 0.2) is 0 Å². The zero-order valence-electron chi connectivity index (χ0n) is 12.3. The molecule has 3 heteroatoms. The van der Waals surface area contributed by atoms with Crippen LogP contribution in [0.4, 0.5) is 0 Å². The van der Waals surface area contributed by atoms with E-state index in [0.717, 1.165) is 27.6 Å². The van der Waals surface area contributed by atoms with Gasteiger partial charge in [0, 0.05) is 5.02 Å². The zero-order chi connectivity index (χ0) is 14.8. The van der Waals surface area contributed by atoms with E-state index in [1.54, 1.807) is 0 Å². The van der Waals surface area contributed by atoms with Crippen LogP contribution in [0, 0.1) is 6.92 Å². The summed E-state index contributed by atoms with van der Waals surface area (Å²) >= 11 is 6.43. The second kappa shape index (κ2) is 6.18. The van der Waals surface area contributed by atoms with Crippen molar-refractivity contribution in [3.05, 3.63) is 69.7 Å². The second-order valence-electron chi connectivity index (χ2n) is 5.87. The minimum Gasteiger partial charge on any atom is -0.271 e. The van der Waals surface area contributed by atoms with E-state index >= 15 is 0 Å². The highest BCUT2D eigenvalue weighted by atomic mass is 35.5. The first-order valence-electron chi connectivity index (χ1n) is 7.51. The maximum absolute atomic E-state index is 6.43. The Kier molecular flexibility index (Phi) is 4.29. The van der Waals surface area contributed by atoms with Crippen molar-refractivity contribution in [1.29, 1.82) is 0 Å². The Balaban J connectivity index is 1.90. The van der Waals surface area contributed by atoms with Gasteiger partial charge >= 0.3 is 0 Å². The van der Waals surface area contributed by atoms with Crippen molar-refractivity contribution in [2.75, 3.05) is 0 Å². The number of aryl methyl sites for hydroxylation is 1. The maximum Gasteiger partial charge on any atom is 0.0724 e. The van der Waals surface area contributed by atoms with Gasteiger partial charge < -0.3 is 0 Å². The SMILES string of the molecule is Cc1cccc(C(NN)c2ccc(C3CCC3)cc2)c1Cl. The van der Waals surface area contributed by atoms with E-state index < -0.39 is 0 Å². The topological polar surface area (TPSA) is 38.0 Å². The average molecular weight is 301 g/mol. The van der Waals surface area contributed by atoms with Gasteiger partial charge in [0.1, 0.15) is 0 Å². The third kappa shape index (κ3) is 2.84. The van der Waals surface area contributed by atoms with Crippen LogP contribution in [0.25, 0.3) is 0 Å². The molecule has 1 saturated carbocycles. The molecule has 0 bridgehead atoms. The highest BCUT2D eigenvalue weighted by molar-refractivity contribution is 6.32. The van der Waals surface area contributed by atoms with Crippen molar-refractivity contribution in [2.45, 2.75) is 38.1 Å². The Labute approximate surface area is 131 Å². The predicted octanol–water partition coefficient (Wildman–Crippen LogP) is 4.47. The normalized spacial score (nSPS) is 16.5. The van der Waals surface area contributed by atoms with Crippen LogP contribution >= 0.6 is 11.6 Å². The summed E-state index contributed by atoms with van der Waals surface area (Å²) in [5.41, 5.74) is 7.58. The summed E-state index contributed by atoms with van der Waals surface area (Å²) in [6.07, 6.45) is 4.00. The number of hydrazine groups is 1. The number of hydrogen-bond acceptors (Lipinski definition) is 2. The van der Waals surface area contributed by atoms with Crippen molar-refractivity contribution in [1.82, 2.24) is 5.43 Å². The molecule has 3 rings (SSSR count). The van der Waals surface area contributed by atoms with Gasteiger partial charge in [-0.2, -0.15) is 0 Å². The van der Waals surface area contributed by atoms with Crippen LogP contribution in [-0.2, 0) is 0 Å². The average Bonchev–Trinajstić information content (AvgIpc) is 2.44. The number of rotatable bonds is 4. The molecule has 0 radical (unpaired) electrons. The summed E-state index contributed by atoms with van der Waals surface area (Å²) in [7, 11) is 0. The molecule has 2 nitrogen and oxygen atoms in total. The molecule has 110 valence electrons. The molecule has 2 aromatic rings. The van der Waals surface area contributed by atoms with Gasteiger partial charge in [0.05, 0.1) is 6.04 Å². The Bertz CT molecular complexity index is 618. The van der Waals surface area contributed by atoms with Crippen LogP contribution in [0.1, 0.15) is 53.5 Å². The molecule has 0 aromatic heterocycles. The van der Waals surface area contributed by atoms with Crippen LogP contribution in [0.5, 0.6) is 0 Å². The van der Waals surface area contributed by atoms with Crippen LogP contribution in [0.3, 0.4) is 0 Å². The largest absolute Gasteiger partial charge is 0.271 e. The van der Waals surface area contributed by atoms with Crippen molar-refractivity contribution in [2.24, 2.45) is 5.84 Å². The van der Waals surface area contributed by atoms with Gasteiger partial charge in [-0.1, -0.05) is 60.5 Å². The third-order valence-corrected chi connectivity index (χ3v) is 5.06. The molecule has 21 heavy (non-hydrogen) atoms. The van der Waals surface area contributed by atoms with Crippen LogP contribution in [0.15, 0.2) is 42.5 Å². The van der Waals surface area contributed by atoms with Crippen molar-refractivity contribution < 1.29 is 0 Å². The summed E-state index contributed by atoms with van der Waals surface area (Å²) in [6.45, 7) is 2.01. The first-order chi connectivity index (χ1) is 10.2. The summed E-state index contributed by atoms with van der Waals surface area (Å²) < 4.78 is 0. The monoisotopic (exact) mass is 300 g/mol. The lowest BCUT2D eigenvalue weighted by Gasteiger charge is -2.26. The molecule has 1 unspecified atom stereocenters. The number of hydrogen-bond donors (Lipinski definition) is 2. The van der Waals surface area contributed by atoms with E-state index in [1.165, 1.54) is 24.8 Å². The summed E-state index contributed by atoms with van der Waals surface area (Å²) in [5.74, 6) is 6.54. The highest BCUT2D eigenvalue weighted by Gasteiger charge is 2.21. The smallest absolute Gasteiger partial charge is 0.0724 e. The molecule has 3 N–H and O–H groups in total.